The number of hydrogen-bond donors (Lipinski definition) is 2. The first-order valence-electron chi connectivity index (χ1n) is 10.6. The van der Waals surface area contributed by atoms with E-state index in [1.54, 1.807) is 17.0 Å². The Labute approximate surface area is 194 Å². The largest absolute Gasteiger partial charge is 0.384 e. The number of nitriles is 1. The minimum absolute atomic E-state index is 0.0972. The average Bonchev–Trinajstić information content (AvgIpc) is 3.38. The topological polar surface area (TPSA) is 155 Å². The number of carbonyl (C=O) groups is 1. The molecule has 34 heavy (non-hydrogen) atoms. The molecule has 3 N–H and O–H groups in total. The monoisotopic (exact) mass is 453 g/mol. The van der Waals surface area contributed by atoms with Crippen molar-refractivity contribution >= 4 is 17.4 Å². The predicted molar refractivity (Wildman–Crippen MR) is 122 cm³/mol. The number of non-ortho nitro benzene ring substituents is 1. The number of Topliss-reactive ketones (excluding diaryl/α,β-unsaturated/α-hetero) is 1. The zero-order chi connectivity index (χ0) is 23.8. The van der Waals surface area contributed by atoms with Crippen LogP contribution in [0.15, 0.2) is 83.6 Å². The number of nitrogens with two attached hydrogens (primary N) is 1. The second-order valence-corrected chi connectivity index (χ2v) is 8.14. The Kier molecular flexibility index (Phi) is 5.14. The number of aromatic amines is 1. The fourth-order valence-corrected chi connectivity index (χ4v) is 4.79. The highest BCUT2D eigenvalue weighted by Crippen LogP contribution is 2.48. The molecule has 2 aromatic carbocycles. The minimum atomic E-state index is -0.816. The third-order valence-electron chi connectivity index (χ3n) is 6.27. The number of nitro groups is 1. The van der Waals surface area contributed by atoms with Gasteiger partial charge in [0.25, 0.3) is 5.69 Å². The maximum atomic E-state index is 13.7. The van der Waals surface area contributed by atoms with Crippen LogP contribution in [0.3, 0.4) is 0 Å². The molecule has 5 rings (SSSR count). The Morgan fingerprint density at radius 1 is 1.15 bits per heavy atom. The lowest BCUT2D eigenvalue weighted by molar-refractivity contribution is -0.384. The molecule has 2 atom stereocenters. The zero-order valence-electron chi connectivity index (χ0n) is 17.9. The van der Waals surface area contributed by atoms with Crippen molar-refractivity contribution in [1.29, 1.82) is 5.26 Å². The number of ketones is 1. The van der Waals surface area contributed by atoms with Gasteiger partial charge in [0, 0.05) is 29.8 Å². The van der Waals surface area contributed by atoms with Crippen LogP contribution in [0, 0.1) is 21.4 Å². The van der Waals surface area contributed by atoms with Gasteiger partial charge < -0.3 is 5.73 Å². The number of nitrogens with one attached hydrogen (secondary N) is 1. The summed E-state index contributed by atoms with van der Waals surface area (Å²) in [7, 11) is 0. The van der Waals surface area contributed by atoms with E-state index < -0.39 is 10.8 Å². The van der Waals surface area contributed by atoms with E-state index in [4.69, 9.17) is 5.73 Å². The van der Waals surface area contributed by atoms with E-state index in [2.05, 4.69) is 21.3 Å². The van der Waals surface area contributed by atoms with Gasteiger partial charge in [0.1, 0.15) is 12.1 Å². The second-order valence-electron chi connectivity index (χ2n) is 8.14. The fraction of sp³-hybridized carbons (Fsp3) is 0.167. The standard InChI is InChI=1S/C24H19N7O3/c25-12-18-21(15-7-4-8-17(9-15)31(33)34)22-19(30(23(18)26)24-27-13-28-29-24)10-16(11-20(22)32)14-5-2-1-3-6-14/h1-9,13,16,21H,10-11,26H2,(H,27,28,29)/t16-,21-/m0/s1. The quantitative estimate of drug-likeness (QED) is 0.450. The van der Waals surface area contributed by atoms with Crippen LogP contribution in [0.25, 0.3) is 0 Å². The van der Waals surface area contributed by atoms with Gasteiger partial charge in [-0.1, -0.05) is 42.5 Å². The van der Waals surface area contributed by atoms with Crippen molar-refractivity contribution in [3.63, 3.8) is 0 Å². The van der Waals surface area contributed by atoms with Gasteiger partial charge in [-0.15, -0.1) is 0 Å². The molecule has 2 heterocycles. The zero-order valence-corrected chi connectivity index (χ0v) is 17.9. The Morgan fingerprint density at radius 2 is 1.91 bits per heavy atom. The van der Waals surface area contributed by atoms with Gasteiger partial charge in [0.15, 0.2) is 5.78 Å². The number of carbonyl (C=O) groups excluding carboxylic acids is 1. The van der Waals surface area contributed by atoms with Gasteiger partial charge in [-0.05, 0) is 23.5 Å². The summed E-state index contributed by atoms with van der Waals surface area (Å²) in [5.41, 5.74) is 8.99. The predicted octanol–water partition coefficient (Wildman–Crippen LogP) is 3.41. The summed E-state index contributed by atoms with van der Waals surface area (Å²) < 4.78 is 0. The number of hydrogen-bond acceptors (Lipinski definition) is 8. The number of H-pyrrole nitrogens is 1. The summed E-state index contributed by atoms with van der Waals surface area (Å²) in [6.45, 7) is 0. The molecule has 0 radical (unpaired) electrons. The number of nitro benzene ring substituents is 1. The smallest absolute Gasteiger partial charge is 0.269 e. The summed E-state index contributed by atoms with van der Waals surface area (Å²) >= 11 is 0. The maximum Gasteiger partial charge on any atom is 0.269 e. The van der Waals surface area contributed by atoms with Crippen LogP contribution in [-0.2, 0) is 4.79 Å². The van der Waals surface area contributed by atoms with Crippen LogP contribution >= 0.6 is 0 Å². The lowest BCUT2D eigenvalue weighted by Crippen LogP contribution is -2.40. The first-order chi connectivity index (χ1) is 16.5. The van der Waals surface area contributed by atoms with Crippen molar-refractivity contribution < 1.29 is 9.72 Å². The van der Waals surface area contributed by atoms with Crippen LogP contribution in [0.4, 0.5) is 11.6 Å². The van der Waals surface area contributed by atoms with Crippen molar-refractivity contribution in [3.05, 3.63) is 105 Å². The number of aromatic nitrogens is 3. The van der Waals surface area contributed by atoms with Gasteiger partial charge in [-0.25, -0.2) is 5.10 Å². The van der Waals surface area contributed by atoms with Gasteiger partial charge >= 0.3 is 0 Å². The highest BCUT2D eigenvalue weighted by molar-refractivity contribution is 6.01. The molecular weight excluding hydrogens is 434 g/mol. The molecule has 0 bridgehead atoms. The molecule has 0 unspecified atom stereocenters. The molecule has 10 nitrogen and oxygen atoms in total. The minimum Gasteiger partial charge on any atom is -0.384 e. The Morgan fingerprint density at radius 3 is 2.59 bits per heavy atom. The highest BCUT2D eigenvalue weighted by Gasteiger charge is 2.43. The van der Waals surface area contributed by atoms with Crippen molar-refractivity contribution in [2.75, 3.05) is 4.90 Å². The molecule has 0 saturated heterocycles. The van der Waals surface area contributed by atoms with Crippen LogP contribution in [0.2, 0.25) is 0 Å². The van der Waals surface area contributed by atoms with Crippen LogP contribution in [-0.4, -0.2) is 25.9 Å². The molecule has 0 amide bonds. The van der Waals surface area contributed by atoms with E-state index in [-0.39, 0.29) is 41.2 Å². The van der Waals surface area contributed by atoms with Crippen molar-refractivity contribution in [3.8, 4) is 6.07 Å². The van der Waals surface area contributed by atoms with Gasteiger partial charge in [0.2, 0.25) is 5.95 Å². The number of nitrogens with zero attached hydrogens (tertiary/aromatic N) is 5. The Bertz CT molecular complexity index is 1390. The first-order valence-corrected chi connectivity index (χ1v) is 10.6. The molecule has 0 fully saturated rings. The molecule has 0 saturated carbocycles. The maximum absolute atomic E-state index is 13.7. The van der Waals surface area contributed by atoms with Gasteiger partial charge in [0.05, 0.1) is 22.5 Å². The molecule has 1 aromatic heterocycles. The molecule has 1 aliphatic heterocycles. The van der Waals surface area contributed by atoms with Crippen molar-refractivity contribution in [2.24, 2.45) is 5.73 Å². The molecule has 3 aromatic rings. The molecule has 0 spiro atoms. The summed E-state index contributed by atoms with van der Waals surface area (Å²) in [5, 5.41) is 28.1. The number of anilines is 1. The summed E-state index contributed by atoms with van der Waals surface area (Å²) in [5.74, 6) is -0.660. The second kappa shape index (κ2) is 8.29. The van der Waals surface area contributed by atoms with E-state index in [0.717, 1.165) is 5.56 Å². The molecule has 2 aliphatic rings. The average molecular weight is 453 g/mol. The third kappa shape index (κ3) is 3.40. The van der Waals surface area contributed by atoms with E-state index >= 15 is 0 Å². The summed E-state index contributed by atoms with van der Waals surface area (Å²) in [4.78, 5) is 30.3. The van der Waals surface area contributed by atoms with Crippen LogP contribution in [0.1, 0.15) is 35.8 Å². The lowest BCUT2D eigenvalue weighted by Gasteiger charge is -2.40. The third-order valence-corrected chi connectivity index (χ3v) is 6.27. The number of benzene rings is 2. The van der Waals surface area contributed by atoms with Gasteiger partial charge in [-0.2, -0.15) is 15.3 Å². The van der Waals surface area contributed by atoms with Gasteiger partial charge in [-0.3, -0.25) is 19.8 Å². The van der Waals surface area contributed by atoms with Crippen molar-refractivity contribution in [2.45, 2.75) is 24.7 Å². The van der Waals surface area contributed by atoms with E-state index in [9.17, 15) is 20.2 Å². The normalized spacial score (nSPS) is 20.2. The van der Waals surface area contributed by atoms with Crippen LogP contribution in [0.5, 0.6) is 0 Å². The molecule has 1 aliphatic carbocycles. The van der Waals surface area contributed by atoms with E-state index in [1.807, 2.05) is 30.3 Å². The Balaban J connectivity index is 1.72. The van der Waals surface area contributed by atoms with Crippen LogP contribution < -0.4 is 10.6 Å². The first kappa shape index (κ1) is 21.1. The Hall–Kier alpha value is -4.78. The SMILES string of the molecule is N#CC1=C(N)N(c2ncn[nH]2)C2=C(C(=O)C[C@@H](c3ccccc3)C2)[C@H]1c1cccc([N+](=O)[O-])c1. The van der Waals surface area contributed by atoms with Crippen molar-refractivity contribution in [1.82, 2.24) is 15.2 Å². The number of rotatable bonds is 4. The van der Waals surface area contributed by atoms with E-state index in [1.165, 1.54) is 18.5 Å². The summed E-state index contributed by atoms with van der Waals surface area (Å²) in [6, 6.07) is 17.8. The molecule has 10 heteroatoms. The molecular formula is C24H19N7O3. The highest BCUT2D eigenvalue weighted by atomic mass is 16.6. The number of allylic oxidation sites excluding steroid dienone is 3. The van der Waals surface area contributed by atoms with E-state index in [0.29, 0.717) is 23.3 Å². The molecule has 168 valence electrons. The summed E-state index contributed by atoms with van der Waals surface area (Å²) in [6.07, 6.45) is 2.04. The fourth-order valence-electron chi connectivity index (χ4n) is 4.79. The lowest BCUT2D eigenvalue weighted by atomic mass is 9.72.